The molecule has 0 aromatic heterocycles. The van der Waals surface area contributed by atoms with Gasteiger partial charge in [-0.2, -0.15) is 0 Å². The zero-order valence-corrected chi connectivity index (χ0v) is 21.9. The zero-order chi connectivity index (χ0) is 29.9. The molecule has 11 atom stereocenters. The number of nitro groups is 1. The van der Waals surface area contributed by atoms with Crippen LogP contribution in [0.25, 0.3) is 0 Å². The van der Waals surface area contributed by atoms with E-state index in [1.54, 1.807) is 0 Å². The van der Waals surface area contributed by atoms with Crippen LogP contribution in [-0.4, -0.2) is 110 Å². The number of hydrogen-bond donors (Lipinski definition) is 6. The minimum absolute atomic E-state index is 0.0156. The molecule has 0 radical (unpaired) electrons. The van der Waals surface area contributed by atoms with Gasteiger partial charge in [-0.1, -0.05) is 6.92 Å². The van der Waals surface area contributed by atoms with Gasteiger partial charge in [-0.25, -0.2) is 0 Å². The first kappa shape index (κ1) is 31.6. The maximum Gasteiger partial charge on any atom is 0.269 e. The van der Waals surface area contributed by atoms with Crippen LogP contribution in [0.2, 0.25) is 0 Å². The third-order valence-electron chi connectivity index (χ3n) is 6.93. The quantitative estimate of drug-likeness (QED) is 0.120. The van der Waals surface area contributed by atoms with E-state index < -0.39 is 96.6 Å². The SMILES string of the molecule is CC(=O)N[C@@H](C1O[C@@](OCC2O[C@@H](Oc3ccc([N+](=O)[O-])cc3)C(O)[C@@H](O)[C@H]2O)(C(=O)[O-])C[C@@H](O)[C@H]1C)[C@@H](C)O. The van der Waals surface area contributed by atoms with E-state index in [4.69, 9.17) is 18.9 Å². The number of nitro benzene ring substituents is 1. The number of carbonyl (C=O) groups excluding carboxylic acids is 2. The van der Waals surface area contributed by atoms with Crippen molar-refractivity contribution in [3.63, 3.8) is 0 Å². The van der Waals surface area contributed by atoms with Gasteiger partial charge in [0.1, 0.15) is 36.1 Å². The van der Waals surface area contributed by atoms with Gasteiger partial charge in [-0.05, 0) is 19.1 Å². The standard InChI is InChI=1S/C24H34N2O14/c1-10-15(29)8-24(23(33)34,40-21(10)17(11(2)27)25-12(3)28)37-9-16-18(30)19(31)20(32)22(39-16)38-14-6-4-13(5-7-14)26(35)36/h4-7,10-11,15-22,27,29-32H,8-9H2,1-3H3,(H,25,28)(H,33,34)/p-1/t10-,11-,15-,16?,17-,18+,19+,20?,21?,22-,24-/m1/s1. The number of carbonyl (C=O) groups is 2. The molecule has 40 heavy (non-hydrogen) atoms. The molecule has 2 fully saturated rings. The van der Waals surface area contributed by atoms with Gasteiger partial charge in [-0.3, -0.25) is 14.9 Å². The van der Waals surface area contributed by atoms with Crippen molar-refractivity contribution in [1.29, 1.82) is 0 Å². The number of non-ortho nitro benzene ring substituents is 1. The van der Waals surface area contributed by atoms with Crippen LogP contribution >= 0.6 is 0 Å². The van der Waals surface area contributed by atoms with Crippen LogP contribution in [-0.2, 0) is 23.8 Å². The highest BCUT2D eigenvalue weighted by molar-refractivity contribution is 5.74. The largest absolute Gasteiger partial charge is 0.544 e. The summed E-state index contributed by atoms with van der Waals surface area (Å²) in [5.41, 5.74) is -0.231. The van der Waals surface area contributed by atoms with Crippen molar-refractivity contribution in [2.45, 2.75) is 88.0 Å². The number of benzene rings is 1. The normalized spacial score (nSPS) is 35.8. The summed E-state index contributed by atoms with van der Waals surface area (Å²) in [6.45, 7) is 3.27. The first-order valence-corrected chi connectivity index (χ1v) is 12.4. The van der Waals surface area contributed by atoms with E-state index in [2.05, 4.69) is 5.32 Å². The third-order valence-corrected chi connectivity index (χ3v) is 6.93. The summed E-state index contributed by atoms with van der Waals surface area (Å²) in [6, 6.07) is 3.55. The molecular weight excluding hydrogens is 540 g/mol. The van der Waals surface area contributed by atoms with Crippen LogP contribution in [0.3, 0.4) is 0 Å². The van der Waals surface area contributed by atoms with Crippen molar-refractivity contribution in [2.24, 2.45) is 5.92 Å². The Kier molecular flexibility index (Phi) is 10.0. The van der Waals surface area contributed by atoms with Gasteiger partial charge in [0.15, 0.2) is 0 Å². The minimum atomic E-state index is -2.62. The van der Waals surface area contributed by atoms with Crippen LogP contribution in [0.4, 0.5) is 5.69 Å². The number of hydrogen-bond acceptors (Lipinski definition) is 14. The van der Waals surface area contributed by atoms with Crippen LogP contribution in [0.5, 0.6) is 5.75 Å². The number of ether oxygens (including phenoxy) is 4. The second-order valence-electron chi connectivity index (χ2n) is 9.91. The fourth-order valence-corrected chi connectivity index (χ4v) is 4.60. The zero-order valence-electron chi connectivity index (χ0n) is 21.9. The molecule has 0 spiro atoms. The number of amides is 1. The van der Waals surface area contributed by atoms with Gasteiger partial charge in [0, 0.05) is 31.4 Å². The topological polar surface area (TPSA) is 250 Å². The van der Waals surface area contributed by atoms with E-state index >= 15 is 0 Å². The molecule has 1 aromatic carbocycles. The number of nitrogens with one attached hydrogen (secondary N) is 1. The molecule has 2 saturated heterocycles. The second kappa shape index (κ2) is 12.7. The highest BCUT2D eigenvalue weighted by Crippen LogP contribution is 2.37. The molecule has 0 bridgehead atoms. The van der Waals surface area contributed by atoms with Gasteiger partial charge >= 0.3 is 0 Å². The maximum atomic E-state index is 12.3. The van der Waals surface area contributed by atoms with Crippen LogP contribution < -0.4 is 15.2 Å². The van der Waals surface area contributed by atoms with Crippen molar-refractivity contribution < 1.29 is 64.1 Å². The number of carboxylic acid groups (broad SMARTS) is 1. The highest BCUT2D eigenvalue weighted by Gasteiger charge is 2.52. The smallest absolute Gasteiger partial charge is 0.269 e. The predicted octanol–water partition coefficient (Wildman–Crippen LogP) is -3.08. The lowest BCUT2D eigenvalue weighted by Gasteiger charge is -2.49. The molecule has 6 N–H and O–H groups in total. The Morgan fingerprint density at radius 2 is 1.80 bits per heavy atom. The van der Waals surface area contributed by atoms with Gasteiger partial charge in [0.25, 0.3) is 5.69 Å². The molecule has 1 aromatic rings. The summed E-state index contributed by atoms with van der Waals surface area (Å²) >= 11 is 0. The molecule has 1 amide bonds. The minimum Gasteiger partial charge on any atom is -0.544 e. The number of nitrogens with zero attached hydrogens (tertiary/aromatic N) is 1. The molecule has 0 saturated carbocycles. The summed E-state index contributed by atoms with van der Waals surface area (Å²) in [6.07, 6.45) is -13.0. The Hall–Kier alpha value is -2.96. The van der Waals surface area contributed by atoms with Crippen molar-refractivity contribution in [2.75, 3.05) is 6.61 Å². The average Bonchev–Trinajstić information content (AvgIpc) is 2.88. The van der Waals surface area contributed by atoms with E-state index in [1.165, 1.54) is 32.9 Å². The Labute approximate surface area is 228 Å². The van der Waals surface area contributed by atoms with Crippen molar-refractivity contribution in [1.82, 2.24) is 5.32 Å². The monoisotopic (exact) mass is 573 g/mol. The van der Waals surface area contributed by atoms with Gasteiger partial charge in [0.2, 0.25) is 18.0 Å². The lowest BCUT2D eigenvalue weighted by Crippen LogP contribution is -2.67. The fourth-order valence-electron chi connectivity index (χ4n) is 4.60. The molecule has 16 nitrogen and oxygen atoms in total. The van der Waals surface area contributed by atoms with Crippen molar-refractivity contribution >= 4 is 17.6 Å². The molecule has 0 aliphatic carbocycles. The van der Waals surface area contributed by atoms with Crippen LogP contribution in [0, 0.1) is 16.0 Å². The van der Waals surface area contributed by atoms with Gasteiger partial charge < -0.3 is 59.7 Å². The Bertz CT molecular complexity index is 1050. The van der Waals surface area contributed by atoms with Crippen molar-refractivity contribution in [3.05, 3.63) is 34.4 Å². The van der Waals surface area contributed by atoms with Crippen molar-refractivity contribution in [3.8, 4) is 5.75 Å². The summed E-state index contributed by atoms with van der Waals surface area (Å²) in [5.74, 6) is -5.83. The lowest BCUT2D eigenvalue weighted by atomic mass is 9.83. The fraction of sp³-hybridized carbons (Fsp3) is 0.667. The molecule has 16 heteroatoms. The number of aliphatic hydroxyl groups excluding tert-OH is 5. The molecule has 2 heterocycles. The van der Waals surface area contributed by atoms with E-state index in [9.17, 15) is 50.3 Å². The van der Waals surface area contributed by atoms with Gasteiger partial charge in [0.05, 0.1) is 35.9 Å². The van der Waals surface area contributed by atoms with Crippen LogP contribution in [0.15, 0.2) is 24.3 Å². The molecule has 2 aliphatic heterocycles. The van der Waals surface area contributed by atoms with E-state index in [0.29, 0.717) is 0 Å². The Balaban J connectivity index is 1.79. The van der Waals surface area contributed by atoms with Crippen LogP contribution in [0.1, 0.15) is 27.2 Å². The number of aliphatic hydroxyl groups is 5. The summed E-state index contributed by atoms with van der Waals surface area (Å²) in [4.78, 5) is 34.2. The molecular formula is C24H33N2O14-. The molecule has 3 unspecified atom stereocenters. The van der Waals surface area contributed by atoms with Gasteiger partial charge in [-0.15, -0.1) is 0 Å². The van der Waals surface area contributed by atoms with E-state index in [1.807, 2.05) is 0 Å². The number of rotatable bonds is 10. The first-order valence-electron chi connectivity index (χ1n) is 12.4. The highest BCUT2D eigenvalue weighted by atomic mass is 16.7. The average molecular weight is 574 g/mol. The molecule has 224 valence electrons. The summed E-state index contributed by atoms with van der Waals surface area (Å²) in [7, 11) is 0. The lowest BCUT2D eigenvalue weighted by molar-refractivity contribution is -0.387. The maximum absolute atomic E-state index is 12.3. The second-order valence-corrected chi connectivity index (χ2v) is 9.91. The molecule has 3 rings (SSSR count). The van der Waals surface area contributed by atoms with E-state index in [-0.39, 0.29) is 11.4 Å². The number of aliphatic carboxylic acids is 1. The Morgan fingerprint density at radius 1 is 1.18 bits per heavy atom. The summed E-state index contributed by atoms with van der Waals surface area (Å²) in [5, 5.41) is 77.6. The number of carboxylic acids is 1. The third kappa shape index (κ3) is 6.84. The van der Waals surface area contributed by atoms with E-state index in [0.717, 1.165) is 12.1 Å². The molecule has 2 aliphatic rings. The Morgan fingerprint density at radius 3 is 2.33 bits per heavy atom. The predicted molar refractivity (Wildman–Crippen MR) is 128 cm³/mol. The first-order chi connectivity index (χ1) is 18.7. The summed E-state index contributed by atoms with van der Waals surface area (Å²) < 4.78 is 22.2.